The van der Waals surface area contributed by atoms with Gasteiger partial charge in [0.15, 0.2) is 0 Å². The highest BCUT2D eigenvalue weighted by Gasteiger charge is 2.53. The average molecular weight is 399 g/mol. The van der Waals surface area contributed by atoms with E-state index in [-0.39, 0.29) is 36.6 Å². The number of fused-ring (bicyclic) bond motifs is 2. The van der Waals surface area contributed by atoms with E-state index in [1.807, 2.05) is 6.07 Å². The third kappa shape index (κ3) is 3.42. The number of imidazole rings is 1. The first-order valence-electron chi connectivity index (χ1n) is 9.44. The molecule has 3 aromatic rings. The Labute approximate surface area is 165 Å². The number of alkyl halides is 2. The molecule has 5 rings (SSSR count). The van der Waals surface area contributed by atoms with Crippen molar-refractivity contribution in [2.24, 2.45) is 0 Å². The van der Waals surface area contributed by atoms with Gasteiger partial charge in [-0.3, -0.25) is 0 Å². The summed E-state index contributed by atoms with van der Waals surface area (Å²) in [5.74, 6) is -2.33. The second-order valence-electron chi connectivity index (χ2n) is 7.52. The Hall–Kier alpha value is -3.07. The molecule has 0 spiro atoms. The van der Waals surface area contributed by atoms with Crippen LogP contribution in [-0.4, -0.2) is 49.0 Å². The number of hydrogen-bond acceptors (Lipinski definition) is 6. The highest BCUT2D eigenvalue weighted by molar-refractivity contribution is 5.68. The maximum atomic E-state index is 13.8. The van der Waals surface area contributed by atoms with Gasteiger partial charge in [0.25, 0.3) is 5.92 Å². The topological polar surface area (TPSA) is 85.1 Å². The first-order chi connectivity index (χ1) is 14.0. The average Bonchev–Trinajstić information content (AvgIpc) is 3.29. The van der Waals surface area contributed by atoms with E-state index in [0.717, 1.165) is 5.69 Å². The van der Waals surface area contributed by atoms with Crippen LogP contribution in [0.2, 0.25) is 0 Å². The van der Waals surface area contributed by atoms with Gasteiger partial charge in [-0.15, -0.1) is 10.2 Å². The van der Waals surface area contributed by atoms with Crippen LogP contribution in [0.25, 0.3) is 16.9 Å². The van der Waals surface area contributed by atoms with Crippen molar-refractivity contribution in [2.45, 2.75) is 43.4 Å². The van der Waals surface area contributed by atoms with Gasteiger partial charge in [-0.25, -0.2) is 13.8 Å². The molecule has 2 saturated heterocycles. The molecule has 2 aliphatic rings. The molecule has 29 heavy (non-hydrogen) atoms. The number of ether oxygens (including phenoxy) is 1. The molecule has 7 nitrogen and oxygen atoms in total. The van der Waals surface area contributed by atoms with Gasteiger partial charge in [0.05, 0.1) is 23.8 Å². The first-order valence-corrected chi connectivity index (χ1v) is 9.44. The van der Waals surface area contributed by atoms with Gasteiger partial charge in [-0.2, -0.15) is 0 Å². The number of piperidine rings is 1. The number of hydrogen-bond donors (Lipinski definition) is 2. The summed E-state index contributed by atoms with van der Waals surface area (Å²) >= 11 is 0. The summed E-state index contributed by atoms with van der Waals surface area (Å²) in [7, 11) is 0. The van der Waals surface area contributed by atoms with Gasteiger partial charge in [0.1, 0.15) is 11.9 Å². The van der Waals surface area contributed by atoms with Crippen molar-refractivity contribution < 1.29 is 18.6 Å². The molecule has 0 radical (unpaired) electrons. The van der Waals surface area contributed by atoms with Crippen LogP contribution in [0.15, 0.2) is 49.1 Å². The largest absolute Gasteiger partial charge is 0.507 e. The number of phenolic OH excluding ortho intramolecular Hbond substituents is 1. The summed E-state index contributed by atoms with van der Waals surface area (Å²) in [5, 5.41) is 21.5. The minimum Gasteiger partial charge on any atom is -0.507 e. The summed E-state index contributed by atoms with van der Waals surface area (Å²) in [6.45, 7) is 0. The molecular formula is C20H19F2N5O2. The number of nitrogens with zero attached hydrogens (tertiary/aromatic N) is 4. The fourth-order valence-electron chi connectivity index (χ4n) is 4.11. The Morgan fingerprint density at radius 2 is 2.07 bits per heavy atom. The van der Waals surface area contributed by atoms with E-state index in [0.29, 0.717) is 17.7 Å². The van der Waals surface area contributed by atoms with E-state index in [9.17, 15) is 13.9 Å². The van der Waals surface area contributed by atoms with Crippen LogP contribution in [-0.2, 0) is 0 Å². The zero-order valence-corrected chi connectivity index (χ0v) is 15.4. The van der Waals surface area contributed by atoms with Crippen molar-refractivity contribution in [3.8, 4) is 28.6 Å². The van der Waals surface area contributed by atoms with Gasteiger partial charge >= 0.3 is 0 Å². The van der Waals surface area contributed by atoms with Crippen LogP contribution < -0.4 is 10.1 Å². The Morgan fingerprint density at radius 3 is 2.76 bits per heavy atom. The number of halogens is 2. The van der Waals surface area contributed by atoms with Gasteiger partial charge in [0.2, 0.25) is 5.88 Å². The fraction of sp³-hybridized carbons (Fsp3) is 0.350. The second kappa shape index (κ2) is 6.77. The zero-order chi connectivity index (χ0) is 20.0. The lowest BCUT2D eigenvalue weighted by Gasteiger charge is -2.29. The van der Waals surface area contributed by atoms with Gasteiger partial charge in [-0.05, 0) is 24.6 Å². The standard InChI is InChI=1S/C20H19F2N5O2/c21-20(22)10-12-7-14(9-18(20)24-12)29-19-4-3-16(25-26-19)15-2-1-13(8-17(15)28)27-6-5-23-11-27/h1-6,8,11-12,14,18,24,28H,7,9-10H2/t12?,14-,18?/m1/s1. The maximum absolute atomic E-state index is 13.8. The summed E-state index contributed by atoms with van der Waals surface area (Å²) in [6, 6.07) is 7.48. The molecule has 1 aromatic carbocycles. The van der Waals surface area contributed by atoms with Crippen molar-refractivity contribution in [1.29, 1.82) is 0 Å². The fourth-order valence-corrected chi connectivity index (χ4v) is 4.11. The van der Waals surface area contributed by atoms with Crippen molar-refractivity contribution in [1.82, 2.24) is 25.1 Å². The van der Waals surface area contributed by atoms with Crippen LogP contribution >= 0.6 is 0 Å². The normalized spacial score (nSPS) is 25.1. The van der Waals surface area contributed by atoms with Crippen molar-refractivity contribution in [3.05, 3.63) is 49.1 Å². The Kier molecular flexibility index (Phi) is 4.20. The first kappa shape index (κ1) is 18.0. The van der Waals surface area contributed by atoms with E-state index in [2.05, 4.69) is 20.5 Å². The van der Waals surface area contributed by atoms with Crippen LogP contribution in [0.1, 0.15) is 19.3 Å². The van der Waals surface area contributed by atoms with Crippen LogP contribution in [0.4, 0.5) is 8.78 Å². The van der Waals surface area contributed by atoms with Crippen molar-refractivity contribution in [3.63, 3.8) is 0 Å². The van der Waals surface area contributed by atoms with Crippen LogP contribution in [0.3, 0.4) is 0 Å². The van der Waals surface area contributed by atoms with E-state index in [1.54, 1.807) is 47.6 Å². The smallest absolute Gasteiger partial charge is 0.264 e. The summed E-state index contributed by atoms with van der Waals surface area (Å²) in [5.41, 5.74) is 1.80. The lowest BCUT2D eigenvalue weighted by molar-refractivity contribution is -0.0195. The Bertz CT molecular complexity index is 1010. The summed E-state index contributed by atoms with van der Waals surface area (Å²) in [6.07, 6.45) is 5.38. The molecule has 0 aliphatic carbocycles. The van der Waals surface area contributed by atoms with E-state index in [4.69, 9.17) is 4.74 Å². The van der Waals surface area contributed by atoms with Gasteiger partial charge < -0.3 is 19.7 Å². The molecule has 0 saturated carbocycles. The summed E-state index contributed by atoms with van der Waals surface area (Å²) < 4.78 is 35.2. The molecule has 2 bridgehead atoms. The highest BCUT2D eigenvalue weighted by Crippen LogP contribution is 2.40. The molecular weight excluding hydrogens is 380 g/mol. The second-order valence-corrected chi connectivity index (χ2v) is 7.52. The number of nitrogens with one attached hydrogen (secondary N) is 1. The third-order valence-corrected chi connectivity index (χ3v) is 5.50. The quantitative estimate of drug-likeness (QED) is 0.702. The van der Waals surface area contributed by atoms with Crippen LogP contribution in [0, 0.1) is 0 Å². The molecule has 2 aromatic heterocycles. The number of phenols is 1. The molecule has 2 N–H and O–H groups in total. The minimum atomic E-state index is -2.68. The Morgan fingerprint density at radius 1 is 1.17 bits per heavy atom. The molecule has 9 heteroatoms. The molecule has 4 heterocycles. The molecule has 2 unspecified atom stereocenters. The van der Waals surface area contributed by atoms with Crippen molar-refractivity contribution >= 4 is 0 Å². The lowest BCUT2D eigenvalue weighted by atomic mass is 10.0. The Balaban J connectivity index is 1.30. The van der Waals surface area contributed by atoms with E-state index < -0.39 is 12.0 Å². The number of aromatic hydroxyl groups is 1. The predicted octanol–water partition coefficient (Wildman–Crippen LogP) is 2.94. The molecule has 3 atom stereocenters. The van der Waals surface area contributed by atoms with Gasteiger partial charge in [-0.1, -0.05) is 0 Å². The monoisotopic (exact) mass is 399 g/mol. The maximum Gasteiger partial charge on any atom is 0.264 e. The predicted molar refractivity (Wildman–Crippen MR) is 100 cm³/mol. The van der Waals surface area contributed by atoms with Crippen molar-refractivity contribution in [2.75, 3.05) is 0 Å². The molecule has 2 aliphatic heterocycles. The lowest BCUT2D eigenvalue weighted by Crippen LogP contribution is -2.46. The van der Waals surface area contributed by atoms with Crippen LogP contribution in [0.5, 0.6) is 11.6 Å². The molecule has 150 valence electrons. The minimum absolute atomic E-state index is 0.0660. The zero-order valence-electron chi connectivity index (χ0n) is 15.4. The van der Waals surface area contributed by atoms with Gasteiger partial charge in [0, 0.05) is 49.0 Å². The highest BCUT2D eigenvalue weighted by atomic mass is 19.3. The van der Waals surface area contributed by atoms with E-state index >= 15 is 0 Å². The van der Waals surface area contributed by atoms with E-state index in [1.165, 1.54) is 0 Å². The number of rotatable bonds is 4. The number of benzene rings is 1. The number of aromatic nitrogens is 4. The SMILES string of the molecule is Oc1cc(-n2ccnc2)ccc1-c1ccc(O[C@@H]2CC3CC(F)(F)C(C2)N3)nn1. The third-order valence-electron chi connectivity index (χ3n) is 5.50. The molecule has 0 amide bonds. The molecule has 2 fully saturated rings. The summed E-state index contributed by atoms with van der Waals surface area (Å²) in [4.78, 5) is 3.99.